The highest BCUT2D eigenvalue weighted by Crippen LogP contribution is 2.24. The average molecular weight is 230 g/mol. The molecule has 0 aliphatic rings. The van der Waals surface area contributed by atoms with Gasteiger partial charge in [0, 0.05) is 37.1 Å². The quantitative estimate of drug-likeness (QED) is 0.861. The minimum Gasteiger partial charge on any atom is -0.356 e. The Hall–Kier alpha value is -1.77. The largest absolute Gasteiger partial charge is 0.356 e. The van der Waals surface area contributed by atoms with Crippen molar-refractivity contribution in [2.45, 2.75) is 20.3 Å². The summed E-state index contributed by atoms with van der Waals surface area (Å²) >= 11 is 0. The molecule has 0 saturated carbocycles. The number of nitrogens with zero attached hydrogens (tertiary/aromatic N) is 1. The van der Waals surface area contributed by atoms with Gasteiger partial charge in [0.25, 0.3) is 0 Å². The molecule has 90 valence electrons. The van der Waals surface area contributed by atoms with Crippen molar-refractivity contribution in [1.82, 2.24) is 9.88 Å². The third kappa shape index (κ3) is 2.18. The van der Waals surface area contributed by atoms with Crippen LogP contribution in [0.15, 0.2) is 24.3 Å². The van der Waals surface area contributed by atoms with Crippen LogP contribution in [0.5, 0.6) is 0 Å². The van der Waals surface area contributed by atoms with Gasteiger partial charge in [-0.2, -0.15) is 0 Å². The predicted octanol–water partition coefficient (Wildman–Crippen LogP) is 2.17. The highest BCUT2D eigenvalue weighted by molar-refractivity contribution is 5.85. The number of carbonyl (C=O) groups is 1. The number of para-hydroxylation sites is 1. The molecule has 0 radical (unpaired) electrons. The number of benzene rings is 1. The molecular weight excluding hydrogens is 212 g/mol. The fraction of sp³-hybridized carbons (Fsp3) is 0.357. The van der Waals surface area contributed by atoms with E-state index in [2.05, 4.69) is 48.1 Å². The number of nitrogens with one attached hydrogen (secondary N) is 1. The lowest BCUT2D eigenvalue weighted by Crippen LogP contribution is -2.22. The molecule has 1 N–H and O–H groups in total. The molecule has 17 heavy (non-hydrogen) atoms. The third-order valence-electron chi connectivity index (χ3n) is 3.28. The highest BCUT2D eigenvalue weighted by Gasteiger charge is 2.10. The molecule has 0 fully saturated rings. The normalized spacial score (nSPS) is 10.8. The summed E-state index contributed by atoms with van der Waals surface area (Å²) in [6, 6.07) is 8.39. The molecule has 3 nitrogen and oxygen atoms in total. The summed E-state index contributed by atoms with van der Waals surface area (Å²) in [7, 11) is 2.08. The Bertz CT molecular complexity index is 555. The first-order valence-electron chi connectivity index (χ1n) is 5.88. The van der Waals surface area contributed by atoms with E-state index in [9.17, 15) is 4.79 Å². The molecule has 1 heterocycles. The molecule has 0 unspecified atom stereocenters. The fourth-order valence-corrected chi connectivity index (χ4v) is 2.28. The minimum atomic E-state index is 0.0305. The van der Waals surface area contributed by atoms with Crippen LogP contribution in [0.3, 0.4) is 0 Å². The van der Waals surface area contributed by atoms with Crippen LogP contribution >= 0.6 is 0 Å². The molecule has 1 aromatic heterocycles. The van der Waals surface area contributed by atoms with Crippen LogP contribution in [0.25, 0.3) is 10.9 Å². The van der Waals surface area contributed by atoms with Crippen LogP contribution < -0.4 is 5.32 Å². The van der Waals surface area contributed by atoms with Gasteiger partial charge in [0.05, 0.1) is 0 Å². The molecule has 2 rings (SSSR count). The van der Waals surface area contributed by atoms with Crippen LogP contribution in [0.2, 0.25) is 0 Å². The third-order valence-corrected chi connectivity index (χ3v) is 3.28. The maximum atomic E-state index is 10.9. The first kappa shape index (κ1) is 11.7. The number of rotatable bonds is 3. The first-order valence-corrected chi connectivity index (χ1v) is 5.88. The van der Waals surface area contributed by atoms with E-state index in [0.29, 0.717) is 6.54 Å². The van der Waals surface area contributed by atoms with E-state index in [1.165, 1.54) is 22.2 Å². The van der Waals surface area contributed by atoms with Crippen molar-refractivity contribution in [1.29, 1.82) is 0 Å². The Kier molecular flexibility index (Phi) is 3.18. The molecule has 0 aliphatic heterocycles. The van der Waals surface area contributed by atoms with Gasteiger partial charge in [-0.25, -0.2) is 0 Å². The van der Waals surface area contributed by atoms with Crippen LogP contribution in [0.4, 0.5) is 0 Å². The average Bonchev–Trinajstić information content (AvgIpc) is 2.54. The van der Waals surface area contributed by atoms with E-state index in [4.69, 9.17) is 0 Å². The lowest BCUT2D eigenvalue weighted by Gasteiger charge is -2.03. The fourth-order valence-electron chi connectivity index (χ4n) is 2.28. The Morgan fingerprint density at radius 2 is 2.06 bits per heavy atom. The summed E-state index contributed by atoms with van der Waals surface area (Å²) in [6.45, 7) is 4.38. The molecule has 0 saturated heterocycles. The zero-order valence-electron chi connectivity index (χ0n) is 10.6. The van der Waals surface area contributed by atoms with Crippen LogP contribution in [0, 0.1) is 6.92 Å². The lowest BCUT2D eigenvalue weighted by atomic mass is 10.1. The summed E-state index contributed by atoms with van der Waals surface area (Å²) < 4.78 is 2.21. The maximum Gasteiger partial charge on any atom is 0.216 e. The molecule has 0 atom stereocenters. The molecular formula is C14H18N2O. The Balaban J connectivity index is 2.33. The summed E-state index contributed by atoms with van der Waals surface area (Å²) in [5.74, 6) is 0.0305. The number of carbonyl (C=O) groups excluding carboxylic acids is 1. The van der Waals surface area contributed by atoms with E-state index < -0.39 is 0 Å². The van der Waals surface area contributed by atoms with Crippen LogP contribution in [-0.2, 0) is 18.3 Å². The van der Waals surface area contributed by atoms with E-state index in [0.717, 1.165) is 6.42 Å². The van der Waals surface area contributed by atoms with Gasteiger partial charge in [0.2, 0.25) is 5.91 Å². The molecule has 0 aliphatic carbocycles. The number of aromatic nitrogens is 1. The van der Waals surface area contributed by atoms with Gasteiger partial charge in [-0.15, -0.1) is 0 Å². The van der Waals surface area contributed by atoms with Gasteiger partial charge in [-0.05, 0) is 25.0 Å². The van der Waals surface area contributed by atoms with Gasteiger partial charge >= 0.3 is 0 Å². The molecule has 2 aromatic rings. The smallest absolute Gasteiger partial charge is 0.216 e. The minimum absolute atomic E-state index is 0.0305. The topological polar surface area (TPSA) is 34.0 Å². The van der Waals surface area contributed by atoms with E-state index in [1.807, 2.05) is 0 Å². The second kappa shape index (κ2) is 4.62. The van der Waals surface area contributed by atoms with Crippen molar-refractivity contribution >= 4 is 16.8 Å². The molecule has 3 heteroatoms. The second-order valence-electron chi connectivity index (χ2n) is 4.37. The Morgan fingerprint density at radius 1 is 1.35 bits per heavy atom. The maximum absolute atomic E-state index is 10.9. The van der Waals surface area contributed by atoms with Gasteiger partial charge in [-0.3, -0.25) is 4.79 Å². The summed E-state index contributed by atoms with van der Waals surface area (Å²) in [5.41, 5.74) is 3.86. The number of fused-ring (bicyclic) bond motifs is 1. The number of aryl methyl sites for hydroxylation is 1. The molecule has 1 amide bonds. The van der Waals surface area contributed by atoms with Crippen molar-refractivity contribution in [3.05, 3.63) is 35.5 Å². The predicted molar refractivity (Wildman–Crippen MR) is 70.0 cm³/mol. The standard InChI is InChI=1S/C14H18N2O/c1-10-12(8-9-15-11(2)17)13-6-4-5-7-14(13)16(10)3/h4-7H,8-9H2,1-3H3,(H,15,17). The molecule has 0 spiro atoms. The summed E-state index contributed by atoms with van der Waals surface area (Å²) in [4.78, 5) is 10.9. The summed E-state index contributed by atoms with van der Waals surface area (Å²) in [5, 5.41) is 4.14. The van der Waals surface area contributed by atoms with Gasteiger partial charge in [-0.1, -0.05) is 18.2 Å². The zero-order valence-corrected chi connectivity index (χ0v) is 10.6. The molecule has 1 aromatic carbocycles. The summed E-state index contributed by atoms with van der Waals surface area (Å²) in [6.07, 6.45) is 0.882. The SMILES string of the molecule is CC(=O)NCCc1c(C)n(C)c2ccccc12. The Labute approximate surface area is 101 Å². The van der Waals surface area contributed by atoms with Gasteiger partial charge in [0.15, 0.2) is 0 Å². The van der Waals surface area contributed by atoms with Crippen molar-refractivity contribution in [3.8, 4) is 0 Å². The van der Waals surface area contributed by atoms with E-state index >= 15 is 0 Å². The number of amides is 1. The van der Waals surface area contributed by atoms with Crippen molar-refractivity contribution < 1.29 is 4.79 Å². The lowest BCUT2D eigenvalue weighted by molar-refractivity contribution is -0.118. The first-order chi connectivity index (χ1) is 8.11. The number of hydrogen-bond acceptors (Lipinski definition) is 1. The van der Waals surface area contributed by atoms with Crippen molar-refractivity contribution in [2.75, 3.05) is 6.54 Å². The second-order valence-corrected chi connectivity index (χ2v) is 4.37. The highest BCUT2D eigenvalue weighted by atomic mass is 16.1. The van der Waals surface area contributed by atoms with Gasteiger partial charge in [0.1, 0.15) is 0 Å². The van der Waals surface area contributed by atoms with Crippen molar-refractivity contribution in [2.24, 2.45) is 7.05 Å². The van der Waals surface area contributed by atoms with E-state index in [-0.39, 0.29) is 5.91 Å². The molecule has 0 bridgehead atoms. The Morgan fingerprint density at radius 3 is 2.76 bits per heavy atom. The van der Waals surface area contributed by atoms with E-state index in [1.54, 1.807) is 6.92 Å². The van der Waals surface area contributed by atoms with Gasteiger partial charge < -0.3 is 9.88 Å². The van der Waals surface area contributed by atoms with Crippen LogP contribution in [0.1, 0.15) is 18.2 Å². The number of hydrogen-bond donors (Lipinski definition) is 1. The van der Waals surface area contributed by atoms with Crippen LogP contribution in [-0.4, -0.2) is 17.0 Å². The zero-order chi connectivity index (χ0) is 12.4. The van der Waals surface area contributed by atoms with Crippen molar-refractivity contribution in [3.63, 3.8) is 0 Å². The monoisotopic (exact) mass is 230 g/mol.